The van der Waals surface area contributed by atoms with E-state index >= 15 is 0 Å². The second kappa shape index (κ2) is 7.37. The summed E-state index contributed by atoms with van der Waals surface area (Å²) in [6.45, 7) is 0.900. The minimum Gasteiger partial charge on any atom is -0.481 e. The normalized spacial score (nSPS) is 19.9. The number of carbonyl (C=O) groups excluding carboxylic acids is 1. The van der Waals surface area contributed by atoms with Crippen molar-refractivity contribution in [3.05, 3.63) is 59.5 Å². The van der Waals surface area contributed by atoms with E-state index < -0.39 is 0 Å². The number of pyridine rings is 1. The van der Waals surface area contributed by atoms with Gasteiger partial charge in [-0.25, -0.2) is 14.8 Å². The molecule has 126 valence electrons. The number of nitrogens with one attached hydrogen (secondary N) is 3. The van der Waals surface area contributed by atoms with Gasteiger partial charge < -0.3 is 10.1 Å². The van der Waals surface area contributed by atoms with Crippen molar-refractivity contribution >= 4 is 5.91 Å². The maximum Gasteiger partial charge on any atom is 0.226 e. The summed E-state index contributed by atoms with van der Waals surface area (Å²) in [6, 6.07) is 9.58. The van der Waals surface area contributed by atoms with Crippen LogP contribution in [0.15, 0.2) is 42.6 Å². The molecule has 3 rings (SSSR count). The van der Waals surface area contributed by atoms with Crippen LogP contribution in [0.1, 0.15) is 17.2 Å². The topological polar surface area (TPSA) is 75.3 Å². The van der Waals surface area contributed by atoms with Crippen LogP contribution in [-0.4, -0.2) is 24.5 Å². The molecule has 3 N–H and O–H groups in total. The SMILES string of the molecule is COc1ccc(CNC(=O)C2CNNC2c2ccc(F)cc2)cn1. The van der Waals surface area contributed by atoms with Crippen LogP contribution in [0.2, 0.25) is 0 Å². The zero-order valence-electron chi connectivity index (χ0n) is 13.3. The van der Waals surface area contributed by atoms with Crippen LogP contribution in [0.3, 0.4) is 0 Å². The number of aromatic nitrogens is 1. The van der Waals surface area contributed by atoms with E-state index in [-0.39, 0.29) is 23.7 Å². The Balaban J connectivity index is 1.61. The van der Waals surface area contributed by atoms with E-state index in [4.69, 9.17) is 4.74 Å². The summed E-state index contributed by atoms with van der Waals surface area (Å²) in [5.74, 6) is -0.109. The first-order valence-corrected chi connectivity index (χ1v) is 7.68. The van der Waals surface area contributed by atoms with E-state index in [2.05, 4.69) is 21.2 Å². The smallest absolute Gasteiger partial charge is 0.226 e. The molecule has 0 bridgehead atoms. The summed E-state index contributed by atoms with van der Waals surface area (Å²) in [5.41, 5.74) is 7.83. The molecule has 6 nitrogen and oxygen atoms in total. The van der Waals surface area contributed by atoms with Gasteiger partial charge in [-0.05, 0) is 23.3 Å². The van der Waals surface area contributed by atoms with Crippen LogP contribution in [0.25, 0.3) is 0 Å². The molecule has 24 heavy (non-hydrogen) atoms. The lowest BCUT2D eigenvalue weighted by Crippen LogP contribution is -2.34. The minimum atomic E-state index is -0.294. The third kappa shape index (κ3) is 3.69. The lowest BCUT2D eigenvalue weighted by Gasteiger charge is -2.18. The van der Waals surface area contributed by atoms with Crippen LogP contribution in [0.4, 0.5) is 4.39 Å². The zero-order chi connectivity index (χ0) is 16.9. The number of benzene rings is 1. The number of hydrogen-bond donors (Lipinski definition) is 3. The molecule has 0 radical (unpaired) electrons. The Bertz CT molecular complexity index is 691. The highest BCUT2D eigenvalue weighted by Gasteiger charge is 2.33. The molecule has 1 saturated heterocycles. The molecule has 2 aromatic rings. The summed E-state index contributed by atoms with van der Waals surface area (Å²) in [7, 11) is 1.56. The molecular formula is C17H19FN4O2. The molecule has 2 atom stereocenters. The molecular weight excluding hydrogens is 311 g/mol. The van der Waals surface area contributed by atoms with Crippen LogP contribution < -0.4 is 20.9 Å². The first-order valence-electron chi connectivity index (χ1n) is 7.68. The summed E-state index contributed by atoms with van der Waals surface area (Å²) >= 11 is 0. The van der Waals surface area contributed by atoms with Crippen molar-refractivity contribution < 1.29 is 13.9 Å². The molecule has 7 heteroatoms. The fourth-order valence-corrected chi connectivity index (χ4v) is 2.68. The van der Waals surface area contributed by atoms with Gasteiger partial charge in [-0.1, -0.05) is 18.2 Å². The molecule has 0 saturated carbocycles. The van der Waals surface area contributed by atoms with Crippen molar-refractivity contribution in [2.24, 2.45) is 5.92 Å². The van der Waals surface area contributed by atoms with E-state index in [1.165, 1.54) is 12.1 Å². The predicted molar refractivity (Wildman–Crippen MR) is 86.4 cm³/mol. The first kappa shape index (κ1) is 16.4. The number of hydrazine groups is 1. The van der Waals surface area contributed by atoms with Gasteiger partial charge in [-0.2, -0.15) is 0 Å². The number of halogens is 1. The highest BCUT2D eigenvalue weighted by Crippen LogP contribution is 2.25. The Hall–Kier alpha value is -2.51. The van der Waals surface area contributed by atoms with Crippen molar-refractivity contribution in [3.63, 3.8) is 0 Å². The monoisotopic (exact) mass is 330 g/mol. The summed E-state index contributed by atoms with van der Waals surface area (Å²) in [4.78, 5) is 16.6. The Labute approximate surface area is 139 Å². The second-order valence-electron chi connectivity index (χ2n) is 5.59. The average molecular weight is 330 g/mol. The van der Waals surface area contributed by atoms with Gasteiger partial charge in [0.2, 0.25) is 11.8 Å². The molecule has 2 heterocycles. The number of rotatable bonds is 5. The first-order chi connectivity index (χ1) is 11.7. The Morgan fingerprint density at radius 1 is 1.33 bits per heavy atom. The van der Waals surface area contributed by atoms with Crippen LogP contribution >= 0.6 is 0 Å². The predicted octanol–water partition coefficient (Wildman–Crippen LogP) is 1.31. The van der Waals surface area contributed by atoms with Crippen molar-refractivity contribution in [1.82, 2.24) is 21.2 Å². The number of hydrogen-bond acceptors (Lipinski definition) is 5. The Kier molecular flexibility index (Phi) is 5.02. The van der Waals surface area contributed by atoms with E-state index in [0.717, 1.165) is 11.1 Å². The molecule has 1 fully saturated rings. The van der Waals surface area contributed by atoms with E-state index in [9.17, 15) is 9.18 Å². The highest BCUT2D eigenvalue weighted by molar-refractivity contribution is 5.80. The lowest BCUT2D eigenvalue weighted by atomic mass is 9.94. The van der Waals surface area contributed by atoms with Gasteiger partial charge in [0.05, 0.1) is 19.1 Å². The minimum absolute atomic E-state index is 0.0716. The van der Waals surface area contributed by atoms with Gasteiger partial charge in [-0.15, -0.1) is 0 Å². The van der Waals surface area contributed by atoms with Crippen LogP contribution in [-0.2, 0) is 11.3 Å². The van der Waals surface area contributed by atoms with Crippen LogP contribution in [0, 0.1) is 11.7 Å². The molecule has 0 spiro atoms. The fourth-order valence-electron chi connectivity index (χ4n) is 2.68. The van der Waals surface area contributed by atoms with Crippen molar-refractivity contribution in [2.45, 2.75) is 12.6 Å². The van der Waals surface area contributed by atoms with Crippen molar-refractivity contribution in [2.75, 3.05) is 13.7 Å². The standard InChI is InChI=1S/C17H19FN4O2/c1-24-15-7-2-11(8-19-15)9-20-17(23)14-10-21-22-16(14)12-3-5-13(18)6-4-12/h2-8,14,16,21-22H,9-10H2,1H3,(H,20,23). The largest absolute Gasteiger partial charge is 0.481 e. The second-order valence-corrected chi connectivity index (χ2v) is 5.59. The van der Waals surface area contributed by atoms with E-state index in [1.54, 1.807) is 31.5 Å². The van der Waals surface area contributed by atoms with Crippen LogP contribution in [0.5, 0.6) is 5.88 Å². The van der Waals surface area contributed by atoms with E-state index in [0.29, 0.717) is 19.0 Å². The number of carbonyl (C=O) groups is 1. The number of amides is 1. The number of ether oxygens (including phenoxy) is 1. The summed E-state index contributed by atoms with van der Waals surface area (Å²) in [6.07, 6.45) is 1.67. The number of nitrogens with zero attached hydrogens (tertiary/aromatic N) is 1. The third-order valence-corrected chi connectivity index (χ3v) is 4.02. The zero-order valence-corrected chi connectivity index (χ0v) is 13.3. The molecule has 1 aromatic heterocycles. The Morgan fingerprint density at radius 2 is 2.12 bits per heavy atom. The van der Waals surface area contributed by atoms with E-state index in [1.807, 2.05) is 6.07 Å². The lowest BCUT2D eigenvalue weighted by molar-refractivity contribution is -0.125. The molecule has 1 aromatic carbocycles. The van der Waals surface area contributed by atoms with Gasteiger partial charge >= 0.3 is 0 Å². The maximum absolute atomic E-state index is 13.1. The fraction of sp³-hybridized carbons (Fsp3) is 0.294. The summed E-state index contributed by atoms with van der Waals surface area (Å²) in [5, 5.41) is 2.92. The molecule has 1 aliphatic heterocycles. The van der Waals surface area contributed by atoms with Gasteiger partial charge in [0, 0.05) is 25.4 Å². The number of methoxy groups -OCH3 is 1. The van der Waals surface area contributed by atoms with Gasteiger partial charge in [0.1, 0.15) is 5.82 Å². The van der Waals surface area contributed by atoms with Crippen molar-refractivity contribution in [1.29, 1.82) is 0 Å². The third-order valence-electron chi connectivity index (χ3n) is 4.02. The maximum atomic E-state index is 13.1. The van der Waals surface area contributed by atoms with Crippen molar-refractivity contribution in [3.8, 4) is 5.88 Å². The quantitative estimate of drug-likeness (QED) is 0.771. The van der Waals surface area contributed by atoms with Gasteiger partial charge in [0.15, 0.2) is 0 Å². The molecule has 1 aliphatic rings. The molecule has 0 aliphatic carbocycles. The summed E-state index contributed by atoms with van der Waals surface area (Å²) < 4.78 is 18.1. The highest BCUT2D eigenvalue weighted by atomic mass is 19.1. The average Bonchev–Trinajstić information content (AvgIpc) is 3.10. The van der Waals surface area contributed by atoms with Gasteiger partial charge in [-0.3, -0.25) is 10.2 Å². The molecule has 2 unspecified atom stereocenters. The van der Waals surface area contributed by atoms with Gasteiger partial charge in [0.25, 0.3) is 0 Å². The Morgan fingerprint density at radius 3 is 2.79 bits per heavy atom. The molecule has 1 amide bonds.